The second kappa shape index (κ2) is 16.6. The van der Waals surface area contributed by atoms with E-state index in [2.05, 4.69) is 37.5 Å². The molecule has 60 heavy (non-hydrogen) atoms. The minimum Gasteiger partial charge on any atom is -0.460 e. The maximum absolute atomic E-state index is 13.9. The van der Waals surface area contributed by atoms with Crippen molar-refractivity contribution in [2.45, 2.75) is 172 Å². The van der Waals surface area contributed by atoms with Crippen LogP contribution in [0.2, 0.25) is 0 Å². The summed E-state index contributed by atoms with van der Waals surface area (Å²) in [6, 6.07) is 7.02. The second-order valence-electron chi connectivity index (χ2n) is 20.6. The fourth-order valence-electron chi connectivity index (χ4n) is 10.5. The molecular formula is C48H66N2O10. The zero-order valence-corrected chi connectivity index (χ0v) is 36.4. The topological polar surface area (TPSA) is 162 Å². The first kappa shape index (κ1) is 43.1. The van der Waals surface area contributed by atoms with Crippen LogP contribution in [0.25, 0.3) is 6.08 Å². The number of rotatable bonds is 14. The van der Waals surface area contributed by atoms with E-state index in [4.69, 9.17) is 23.7 Å². The number of esters is 2. The third-order valence-electron chi connectivity index (χ3n) is 14.2. The van der Waals surface area contributed by atoms with Crippen LogP contribution in [0.1, 0.15) is 141 Å². The Morgan fingerprint density at radius 3 is 2.32 bits per heavy atom. The highest BCUT2D eigenvalue weighted by molar-refractivity contribution is 5.94. The van der Waals surface area contributed by atoms with Crippen molar-refractivity contribution in [2.75, 3.05) is 13.2 Å². The number of amides is 2. The molecule has 8 unspecified atom stereocenters. The Morgan fingerprint density at radius 2 is 1.67 bits per heavy atom. The van der Waals surface area contributed by atoms with E-state index in [0.29, 0.717) is 34.5 Å². The highest BCUT2D eigenvalue weighted by atomic mass is 16.8. The van der Waals surface area contributed by atoms with E-state index in [1.165, 1.54) is 18.4 Å². The first-order chi connectivity index (χ1) is 28.4. The molecule has 0 radical (unpaired) electrons. The van der Waals surface area contributed by atoms with Crippen LogP contribution in [0.4, 0.5) is 0 Å². The summed E-state index contributed by atoms with van der Waals surface area (Å²) in [5.74, 6) is -0.553. The third kappa shape index (κ3) is 9.57. The van der Waals surface area contributed by atoms with Crippen LogP contribution in [0, 0.1) is 29.1 Å². The quantitative estimate of drug-likeness (QED) is 0.136. The monoisotopic (exact) mass is 830 g/mol. The molecule has 2 heterocycles. The average molecular weight is 831 g/mol. The van der Waals surface area contributed by atoms with Crippen molar-refractivity contribution >= 4 is 29.8 Å². The van der Waals surface area contributed by atoms with Gasteiger partial charge in [-0.2, -0.15) is 0 Å². The minimum absolute atomic E-state index is 0.0290. The molecule has 4 saturated carbocycles. The van der Waals surface area contributed by atoms with Crippen LogP contribution < -0.4 is 10.6 Å². The van der Waals surface area contributed by atoms with Gasteiger partial charge < -0.3 is 39.4 Å². The van der Waals surface area contributed by atoms with Gasteiger partial charge in [0.05, 0.1) is 29.9 Å². The number of ether oxygens (including phenoxy) is 5. The summed E-state index contributed by atoms with van der Waals surface area (Å²) < 4.78 is 31.2. The normalized spacial score (nSPS) is 32.6. The van der Waals surface area contributed by atoms with Crippen LogP contribution >= 0.6 is 0 Å². The zero-order valence-electron chi connectivity index (χ0n) is 36.4. The van der Waals surface area contributed by atoms with E-state index in [1.807, 2.05) is 24.3 Å². The predicted octanol–water partition coefficient (Wildman–Crippen LogP) is 6.72. The number of hydrogen-bond acceptors (Lipinski definition) is 10. The molecule has 328 valence electrons. The summed E-state index contributed by atoms with van der Waals surface area (Å²) in [6.07, 6.45) is 12.7. The highest BCUT2D eigenvalue weighted by Crippen LogP contribution is 2.61. The molecule has 12 heteroatoms. The summed E-state index contributed by atoms with van der Waals surface area (Å²) in [7, 11) is 0. The van der Waals surface area contributed by atoms with Crippen molar-refractivity contribution in [3.8, 4) is 0 Å². The molecule has 2 aliphatic heterocycles. The van der Waals surface area contributed by atoms with Gasteiger partial charge in [-0.15, -0.1) is 0 Å². The van der Waals surface area contributed by atoms with Gasteiger partial charge in [0.15, 0.2) is 5.79 Å². The number of hydrogen-bond donors (Lipinski definition) is 3. The Hall–Kier alpha value is -3.58. The molecule has 7 aliphatic rings. The molecule has 3 N–H and O–H groups in total. The Kier molecular flexibility index (Phi) is 11.9. The van der Waals surface area contributed by atoms with Gasteiger partial charge in [0.2, 0.25) is 11.8 Å². The lowest BCUT2D eigenvalue weighted by Crippen LogP contribution is -2.45. The molecule has 5 aliphatic carbocycles. The summed E-state index contributed by atoms with van der Waals surface area (Å²) >= 11 is 0. The van der Waals surface area contributed by atoms with E-state index in [9.17, 15) is 24.3 Å². The summed E-state index contributed by atoms with van der Waals surface area (Å²) in [6.45, 7) is 12.1. The van der Waals surface area contributed by atoms with Crippen molar-refractivity contribution < 1.29 is 48.0 Å². The number of fused-ring (bicyclic) bond motifs is 3. The van der Waals surface area contributed by atoms with Gasteiger partial charge >= 0.3 is 11.9 Å². The lowest BCUT2D eigenvalue weighted by molar-refractivity contribution is -0.209. The summed E-state index contributed by atoms with van der Waals surface area (Å²) in [4.78, 5) is 52.3. The van der Waals surface area contributed by atoms with Crippen LogP contribution in [-0.4, -0.2) is 89.5 Å². The van der Waals surface area contributed by atoms with Crippen molar-refractivity contribution in [1.29, 1.82) is 0 Å². The van der Waals surface area contributed by atoms with Crippen molar-refractivity contribution in [3.05, 3.63) is 52.6 Å². The number of aliphatic hydroxyl groups is 1. The SMILES string of the molecule is CC(C)(C)OC(=O)CCC(CO)NC(=O)CCNC(=O)C1=CC2OC(C3CC3)(C3CC3)OC2C(OC(=O)c2ccc(C=C3CCC4OC4(C)CCC4C3CC4(C)C)cc2)C1. The van der Waals surface area contributed by atoms with Crippen LogP contribution in [0.15, 0.2) is 41.5 Å². The third-order valence-corrected chi connectivity index (χ3v) is 14.2. The highest BCUT2D eigenvalue weighted by Gasteiger charge is 2.64. The smallest absolute Gasteiger partial charge is 0.338 e. The molecule has 8 atom stereocenters. The molecule has 2 amide bonds. The number of benzene rings is 1. The Bertz CT molecular complexity index is 1860. The van der Waals surface area contributed by atoms with Crippen LogP contribution in [0.3, 0.4) is 0 Å². The molecule has 6 fully saturated rings. The number of allylic oxidation sites excluding steroid dienone is 1. The van der Waals surface area contributed by atoms with Crippen molar-refractivity contribution in [3.63, 3.8) is 0 Å². The standard InChI is InChI=1S/C48H66N2O10/c1-45(2,3)59-41(53)18-16-34(27-51)50-40(52)20-22-49-43(54)31-24-37(42-38(25-31)57-48(60-42,32-12-13-32)33-14-15-33)56-44(55)29-9-7-28(8-10-29)23-30-11-17-39-47(6,58-39)21-19-36-35(30)26-46(36,4)5/h7-10,23,25,32-39,42,51H,11-22,24,26-27H2,1-6H3,(H,49,54)(H,50,52). The molecule has 2 saturated heterocycles. The first-order valence-corrected chi connectivity index (χ1v) is 22.6. The average Bonchev–Trinajstić information content (AvgIpc) is 4.10. The largest absolute Gasteiger partial charge is 0.460 e. The molecule has 1 aromatic rings. The van der Waals surface area contributed by atoms with Crippen molar-refractivity contribution in [1.82, 2.24) is 10.6 Å². The van der Waals surface area contributed by atoms with Gasteiger partial charge in [-0.05, 0) is 133 Å². The Balaban J connectivity index is 0.897. The predicted molar refractivity (Wildman–Crippen MR) is 223 cm³/mol. The van der Waals surface area contributed by atoms with Gasteiger partial charge in [-0.3, -0.25) is 14.4 Å². The Morgan fingerprint density at radius 1 is 0.950 bits per heavy atom. The molecule has 0 bridgehead atoms. The van der Waals surface area contributed by atoms with Gasteiger partial charge in [0, 0.05) is 43.2 Å². The van der Waals surface area contributed by atoms with E-state index in [0.717, 1.165) is 50.5 Å². The van der Waals surface area contributed by atoms with Crippen LogP contribution in [-0.2, 0) is 38.1 Å². The van der Waals surface area contributed by atoms with E-state index in [-0.39, 0.29) is 68.1 Å². The van der Waals surface area contributed by atoms with Crippen molar-refractivity contribution in [2.24, 2.45) is 29.1 Å². The Labute approximate surface area is 354 Å². The number of carbonyl (C=O) groups excluding carboxylic acids is 4. The number of nitrogens with one attached hydrogen (secondary N) is 2. The number of carbonyl (C=O) groups is 4. The zero-order chi connectivity index (χ0) is 42.6. The molecular weight excluding hydrogens is 765 g/mol. The fraction of sp³-hybridized carbons (Fsp3) is 0.708. The number of aliphatic hydroxyl groups excluding tert-OH is 1. The second-order valence-corrected chi connectivity index (χ2v) is 20.6. The molecule has 1 aromatic carbocycles. The van der Waals surface area contributed by atoms with E-state index in [1.54, 1.807) is 26.8 Å². The lowest BCUT2D eigenvalue weighted by atomic mass is 9.52. The molecule has 0 aromatic heterocycles. The van der Waals surface area contributed by atoms with Gasteiger partial charge in [0.25, 0.3) is 0 Å². The minimum atomic E-state index is -0.749. The fourth-order valence-corrected chi connectivity index (χ4v) is 10.5. The number of epoxide rings is 1. The first-order valence-electron chi connectivity index (χ1n) is 22.6. The molecule has 0 spiro atoms. The van der Waals surface area contributed by atoms with Crippen LogP contribution in [0.5, 0.6) is 0 Å². The maximum atomic E-state index is 13.9. The van der Waals surface area contributed by atoms with Gasteiger partial charge in [-0.1, -0.05) is 37.6 Å². The van der Waals surface area contributed by atoms with Gasteiger partial charge in [0.1, 0.15) is 23.9 Å². The lowest BCUT2D eigenvalue weighted by Gasteiger charge is -2.53. The summed E-state index contributed by atoms with van der Waals surface area (Å²) in [5.41, 5.74) is 3.14. The van der Waals surface area contributed by atoms with E-state index < -0.39 is 47.7 Å². The van der Waals surface area contributed by atoms with E-state index >= 15 is 0 Å². The summed E-state index contributed by atoms with van der Waals surface area (Å²) in [5, 5.41) is 15.4. The maximum Gasteiger partial charge on any atom is 0.338 e. The molecule has 8 rings (SSSR count). The molecule has 12 nitrogen and oxygen atoms in total. The van der Waals surface area contributed by atoms with Gasteiger partial charge in [-0.25, -0.2) is 4.79 Å².